The third-order valence-corrected chi connectivity index (χ3v) is 14.0. The number of esters is 2. The Kier molecular flexibility index (Phi) is 23.1. The Morgan fingerprint density at radius 3 is 1.50 bits per heavy atom. The summed E-state index contributed by atoms with van der Waals surface area (Å²) < 4.78 is 69.7. The van der Waals surface area contributed by atoms with Gasteiger partial charge in [0.1, 0.15) is 6.04 Å². The van der Waals surface area contributed by atoms with Crippen molar-refractivity contribution in [3.63, 3.8) is 0 Å². The average molecular weight is 1150 g/mol. The number of hydrogen-bond donors (Lipinski definition) is 0. The van der Waals surface area contributed by atoms with Crippen LogP contribution < -0.4 is 47.4 Å². The molecule has 2 radical (unpaired) electrons. The van der Waals surface area contributed by atoms with Crippen LogP contribution in [0, 0.1) is 18.1 Å². The van der Waals surface area contributed by atoms with E-state index >= 15 is 0 Å². The van der Waals surface area contributed by atoms with Gasteiger partial charge in [-0.1, -0.05) is 18.1 Å². The Balaban J connectivity index is 0.00000562. The summed E-state index contributed by atoms with van der Waals surface area (Å²) in [4.78, 5) is 26.5. The molecule has 4 aromatic rings. The number of quaternary nitrogens is 2. The van der Waals surface area contributed by atoms with Gasteiger partial charge in [0.05, 0.1) is 143 Å². The molecule has 388 valence electrons. The second-order valence-electron chi connectivity index (χ2n) is 18.3. The van der Waals surface area contributed by atoms with Crippen molar-refractivity contribution in [2.75, 3.05) is 125 Å². The monoisotopic (exact) mass is 1150 g/mol. The first-order chi connectivity index (χ1) is 33.7. The standard InChI is InChI=1S/C54H72N2O14.2Y/c1-34(24-50(57)69-22-15-19-56(3)21-17-37-29-43(60-5)45(62-7)33-40(37)51(56)38-30-48(65-10)53(68-13)49(31-38)66-11)54(58)70-23-14-18-55(2)20-16-36-28-42(59-4)44(61-6)32-39(36)41(55)25-35-26-46(63-8)52(67-12)47(27-35)64-9;;/h26-31,34,41,51H,14-25H2,1-13H3;;. The normalized spacial score (nSPS) is 19.1. The molecule has 0 N–H and O–H groups in total. The van der Waals surface area contributed by atoms with Crippen molar-refractivity contribution in [2.24, 2.45) is 5.92 Å². The van der Waals surface area contributed by atoms with E-state index in [9.17, 15) is 9.59 Å². The van der Waals surface area contributed by atoms with Gasteiger partial charge in [0.15, 0.2) is 23.0 Å². The first kappa shape index (κ1) is 60.5. The summed E-state index contributed by atoms with van der Waals surface area (Å²) in [5.41, 5.74) is 6.20. The maximum Gasteiger partial charge on any atom is 0.309 e. The number of benzene rings is 4. The summed E-state index contributed by atoms with van der Waals surface area (Å²) in [6, 6.07) is 18.8. The van der Waals surface area contributed by atoms with E-state index in [0.717, 1.165) is 59.3 Å². The van der Waals surface area contributed by atoms with Crippen LogP contribution >= 0.6 is 0 Å². The molecule has 16 nitrogen and oxygen atoms in total. The second kappa shape index (κ2) is 27.5. The van der Waals surface area contributed by atoms with Crippen molar-refractivity contribution in [3.05, 3.63) is 81.9 Å². The Labute approximate surface area is 476 Å². The third kappa shape index (κ3) is 13.4. The molecular weight excluding hydrogens is 1080 g/mol. The van der Waals surface area contributed by atoms with Gasteiger partial charge in [0.2, 0.25) is 11.5 Å². The minimum absolute atomic E-state index is 0. The zero-order chi connectivity index (χ0) is 50.8. The van der Waals surface area contributed by atoms with Gasteiger partial charge in [-0.15, -0.1) is 35.4 Å². The Bertz CT molecular complexity index is 2420. The van der Waals surface area contributed by atoms with E-state index in [-0.39, 0.29) is 97.1 Å². The van der Waals surface area contributed by atoms with E-state index in [0.29, 0.717) is 98.8 Å². The predicted molar refractivity (Wildman–Crippen MR) is 261 cm³/mol. The van der Waals surface area contributed by atoms with Gasteiger partial charge in [-0.3, -0.25) is 9.59 Å². The third-order valence-electron chi connectivity index (χ3n) is 14.0. The number of methoxy groups -OCH3 is 10. The van der Waals surface area contributed by atoms with E-state index in [1.165, 1.54) is 0 Å². The van der Waals surface area contributed by atoms with E-state index in [1.807, 2.05) is 36.4 Å². The molecule has 0 aliphatic carbocycles. The predicted octanol–water partition coefficient (Wildman–Crippen LogP) is 7.34. The molecule has 6 rings (SSSR count). The number of carbonyl (C=O) groups is 2. The van der Waals surface area contributed by atoms with E-state index in [4.69, 9.17) is 56.8 Å². The molecule has 0 aromatic heterocycles. The van der Waals surface area contributed by atoms with Gasteiger partial charge >= 0.3 is 11.9 Å². The Morgan fingerprint density at radius 2 is 1.01 bits per heavy atom. The number of fused-ring (bicyclic) bond motifs is 2. The van der Waals surface area contributed by atoms with E-state index < -0.39 is 17.9 Å². The maximum absolute atomic E-state index is 13.3. The van der Waals surface area contributed by atoms with Gasteiger partial charge in [0, 0.05) is 113 Å². The van der Waals surface area contributed by atoms with Crippen molar-refractivity contribution >= 4 is 11.9 Å². The molecule has 0 bridgehead atoms. The first-order valence-electron chi connectivity index (χ1n) is 23.6. The topological polar surface area (TPSA) is 145 Å². The summed E-state index contributed by atoms with van der Waals surface area (Å²) in [6.45, 7) is 5.09. The Morgan fingerprint density at radius 1 is 0.569 bits per heavy atom. The first-order valence-corrected chi connectivity index (χ1v) is 23.6. The van der Waals surface area contributed by atoms with Crippen LogP contribution in [0.2, 0.25) is 0 Å². The van der Waals surface area contributed by atoms with Gasteiger partial charge in [-0.05, 0) is 42.7 Å². The molecule has 5 unspecified atom stereocenters. The summed E-state index contributed by atoms with van der Waals surface area (Å²) in [5.74, 6) is 4.00. The van der Waals surface area contributed by atoms with Crippen LogP contribution in [0.5, 0.6) is 57.5 Å². The maximum atomic E-state index is 13.3. The summed E-state index contributed by atoms with van der Waals surface area (Å²) in [7, 11) is 20.5. The van der Waals surface area contributed by atoms with Gasteiger partial charge in [-0.2, -0.15) is 0 Å². The summed E-state index contributed by atoms with van der Waals surface area (Å²) >= 11 is 0. The number of carbonyl (C=O) groups excluding carboxylic acids is 2. The Hall–Kier alpha value is -4.05. The molecule has 2 aliphatic heterocycles. The smallest absolute Gasteiger partial charge is 0.309 e. The number of nitrogens with zero attached hydrogens (tertiary/aromatic N) is 2. The second-order valence-corrected chi connectivity index (χ2v) is 18.3. The molecule has 0 fully saturated rings. The van der Waals surface area contributed by atoms with E-state index in [1.54, 1.807) is 78.0 Å². The van der Waals surface area contributed by atoms with E-state index in [2.05, 4.69) is 26.2 Å². The van der Waals surface area contributed by atoms with Crippen molar-refractivity contribution in [1.29, 1.82) is 0 Å². The van der Waals surface area contributed by atoms with Crippen LogP contribution in [0.15, 0.2) is 36.4 Å². The number of likely N-dealkylation sites (N-methyl/N-ethyl adjacent to an activating group) is 2. The number of rotatable bonds is 24. The quantitative estimate of drug-likeness (QED) is 0.0299. The fourth-order valence-electron chi connectivity index (χ4n) is 10.2. The van der Waals surface area contributed by atoms with Gasteiger partial charge < -0.3 is 65.8 Å². The zero-order valence-corrected chi connectivity index (χ0v) is 50.1. The molecule has 72 heavy (non-hydrogen) atoms. The molecule has 2 aliphatic rings. The molecule has 2 heterocycles. The van der Waals surface area contributed by atoms with Crippen LogP contribution in [-0.4, -0.2) is 145 Å². The van der Waals surface area contributed by atoms with Crippen LogP contribution in [0.1, 0.15) is 71.7 Å². The zero-order valence-electron chi connectivity index (χ0n) is 44.4. The number of hydrogen-bond acceptors (Lipinski definition) is 14. The molecular formula is C54H72N2O14Y2. The minimum atomic E-state index is -0.681. The van der Waals surface area contributed by atoms with Crippen molar-refractivity contribution in [3.8, 4) is 57.5 Å². The fraction of sp³-hybridized carbons (Fsp3) is 0.519. The molecule has 18 heteroatoms. The van der Waals surface area contributed by atoms with Crippen LogP contribution in [0.3, 0.4) is 0 Å². The van der Waals surface area contributed by atoms with Gasteiger partial charge in [0.25, 0.3) is 0 Å². The molecule has 0 saturated heterocycles. The van der Waals surface area contributed by atoms with Crippen LogP contribution in [0.25, 0.3) is 0 Å². The molecule has 0 amide bonds. The van der Waals surface area contributed by atoms with Crippen molar-refractivity contribution in [1.82, 2.24) is 0 Å². The van der Waals surface area contributed by atoms with Crippen molar-refractivity contribution in [2.45, 2.75) is 57.5 Å². The summed E-state index contributed by atoms with van der Waals surface area (Å²) in [6.07, 6.45) is 3.29. The average Bonchev–Trinajstić information content (AvgIpc) is 3.37. The minimum Gasteiger partial charge on any atom is -0.551 e. The SMILES string of the molecule is COc1[c-]c2c(cc1OC)CC[N+](C)(CCCOC(=O)C(C)CC(=O)OCCC[N+]1(C)CCc3cc(OC)c(OC)[c-]c3C1c1cc(OC)c(OC)c(OC)c1)C2Cc1cc(OC)c(OC)c(OC)c1.[Y].[Y]. The fourth-order valence-corrected chi connectivity index (χ4v) is 10.2. The molecule has 4 aromatic carbocycles. The van der Waals surface area contributed by atoms with Gasteiger partial charge in [-0.25, -0.2) is 0 Å². The number of ether oxygens (including phenoxy) is 12. The molecule has 0 saturated carbocycles. The largest absolute Gasteiger partial charge is 0.551 e. The summed E-state index contributed by atoms with van der Waals surface area (Å²) in [5, 5.41) is 0. The molecule has 0 spiro atoms. The van der Waals surface area contributed by atoms with Crippen LogP contribution in [-0.2, 0) is 104 Å². The van der Waals surface area contributed by atoms with Crippen molar-refractivity contribution < 1.29 is 141 Å². The van der Waals surface area contributed by atoms with Crippen LogP contribution in [0.4, 0.5) is 0 Å². The molecule has 5 atom stereocenters.